The average Bonchev–Trinajstić information content (AvgIpc) is 2.48. The molecule has 0 aliphatic carbocycles. The summed E-state index contributed by atoms with van der Waals surface area (Å²) < 4.78 is 5.71. The number of para-hydroxylation sites is 1. The van der Waals surface area contributed by atoms with E-state index >= 15 is 0 Å². The van der Waals surface area contributed by atoms with E-state index in [1.54, 1.807) is 6.07 Å². The van der Waals surface area contributed by atoms with E-state index in [1.807, 2.05) is 56.3 Å². The van der Waals surface area contributed by atoms with Crippen molar-refractivity contribution in [3.05, 3.63) is 59.1 Å². The number of halogens is 1. The van der Waals surface area contributed by atoms with Crippen LogP contribution in [-0.2, 0) is 4.79 Å². The minimum absolute atomic E-state index is 0.202. The Kier molecular flexibility index (Phi) is 5.23. The van der Waals surface area contributed by atoms with Gasteiger partial charge in [-0.25, -0.2) is 0 Å². The Morgan fingerprint density at radius 1 is 1.24 bits per heavy atom. The number of anilines is 1. The van der Waals surface area contributed by atoms with Gasteiger partial charge in [0, 0.05) is 0 Å². The van der Waals surface area contributed by atoms with Gasteiger partial charge in [-0.1, -0.05) is 42.8 Å². The Hall–Kier alpha value is -2.00. The van der Waals surface area contributed by atoms with E-state index in [0.717, 1.165) is 5.56 Å². The number of hydrogen-bond donors (Lipinski definition) is 1. The van der Waals surface area contributed by atoms with Crippen molar-refractivity contribution in [2.24, 2.45) is 0 Å². The molecule has 0 spiro atoms. The van der Waals surface area contributed by atoms with Crippen molar-refractivity contribution in [2.45, 2.75) is 26.4 Å². The lowest BCUT2D eigenvalue weighted by molar-refractivity contribution is -0.122. The largest absolute Gasteiger partial charge is 0.481 e. The molecule has 0 heterocycles. The van der Waals surface area contributed by atoms with E-state index in [9.17, 15) is 4.79 Å². The van der Waals surface area contributed by atoms with Gasteiger partial charge in [-0.2, -0.15) is 0 Å². The van der Waals surface area contributed by atoms with Gasteiger partial charge in [0.2, 0.25) is 0 Å². The van der Waals surface area contributed by atoms with E-state index in [2.05, 4.69) is 5.32 Å². The first-order valence-corrected chi connectivity index (χ1v) is 7.26. The first-order chi connectivity index (χ1) is 10.1. The molecule has 0 saturated carbocycles. The zero-order chi connectivity index (χ0) is 15.2. The van der Waals surface area contributed by atoms with Crippen LogP contribution in [0.4, 0.5) is 5.69 Å². The molecular weight excluding hydrogens is 286 g/mol. The standard InChI is InChI=1S/C17H18ClNO2/c1-3-16(21-13-7-5-4-6-8-13)17(20)19-15-10-9-12(2)11-14(15)18/h4-11,16H,3H2,1-2H3,(H,19,20)/t16-/m0/s1. The van der Waals surface area contributed by atoms with E-state index in [4.69, 9.17) is 16.3 Å². The highest BCUT2D eigenvalue weighted by Gasteiger charge is 2.19. The van der Waals surface area contributed by atoms with Crippen molar-refractivity contribution < 1.29 is 9.53 Å². The second-order valence-corrected chi connectivity index (χ2v) is 5.21. The van der Waals surface area contributed by atoms with Gasteiger partial charge in [-0.15, -0.1) is 0 Å². The van der Waals surface area contributed by atoms with E-state index in [0.29, 0.717) is 22.9 Å². The summed E-state index contributed by atoms with van der Waals surface area (Å²) in [6.45, 7) is 3.86. The van der Waals surface area contributed by atoms with Crippen LogP contribution in [-0.4, -0.2) is 12.0 Å². The fraction of sp³-hybridized carbons (Fsp3) is 0.235. The van der Waals surface area contributed by atoms with Crippen molar-refractivity contribution in [2.75, 3.05) is 5.32 Å². The number of ether oxygens (including phenoxy) is 1. The molecule has 0 fully saturated rings. The lowest BCUT2D eigenvalue weighted by Gasteiger charge is -2.17. The third-order valence-corrected chi connectivity index (χ3v) is 3.38. The third-order valence-electron chi connectivity index (χ3n) is 3.07. The quantitative estimate of drug-likeness (QED) is 0.886. The number of hydrogen-bond acceptors (Lipinski definition) is 2. The second kappa shape index (κ2) is 7.14. The van der Waals surface area contributed by atoms with Crippen LogP contribution in [0, 0.1) is 6.92 Å². The molecule has 0 radical (unpaired) electrons. The highest BCUT2D eigenvalue weighted by Crippen LogP contribution is 2.23. The van der Waals surface area contributed by atoms with Crippen LogP contribution in [0.25, 0.3) is 0 Å². The van der Waals surface area contributed by atoms with E-state index < -0.39 is 6.10 Å². The number of carbonyl (C=O) groups is 1. The maximum Gasteiger partial charge on any atom is 0.265 e. The molecule has 110 valence electrons. The molecule has 2 aromatic carbocycles. The molecule has 4 heteroatoms. The summed E-state index contributed by atoms with van der Waals surface area (Å²) in [7, 11) is 0. The molecule has 21 heavy (non-hydrogen) atoms. The summed E-state index contributed by atoms with van der Waals surface area (Å²) in [4.78, 5) is 12.3. The van der Waals surface area contributed by atoms with Crippen LogP contribution in [0.1, 0.15) is 18.9 Å². The summed E-state index contributed by atoms with van der Waals surface area (Å²) in [5, 5.41) is 3.34. The van der Waals surface area contributed by atoms with Gasteiger partial charge in [0.1, 0.15) is 5.75 Å². The second-order valence-electron chi connectivity index (χ2n) is 4.80. The molecular formula is C17H18ClNO2. The molecule has 1 N–H and O–H groups in total. The van der Waals surface area contributed by atoms with Crippen molar-refractivity contribution in [1.82, 2.24) is 0 Å². The average molecular weight is 304 g/mol. The first kappa shape index (κ1) is 15.4. The molecule has 0 aliphatic rings. The van der Waals surface area contributed by atoms with Gasteiger partial charge >= 0.3 is 0 Å². The summed E-state index contributed by atoms with van der Waals surface area (Å²) in [5.41, 5.74) is 1.65. The monoisotopic (exact) mass is 303 g/mol. The molecule has 3 nitrogen and oxygen atoms in total. The van der Waals surface area contributed by atoms with Crippen molar-refractivity contribution in [1.29, 1.82) is 0 Å². The highest BCUT2D eigenvalue weighted by molar-refractivity contribution is 6.33. The fourth-order valence-electron chi connectivity index (χ4n) is 1.92. The molecule has 0 aromatic heterocycles. The number of aryl methyl sites for hydroxylation is 1. The van der Waals surface area contributed by atoms with Gasteiger partial charge in [0.15, 0.2) is 6.10 Å². The third kappa shape index (κ3) is 4.23. The Balaban J connectivity index is 2.06. The van der Waals surface area contributed by atoms with Crippen molar-refractivity contribution in [3.63, 3.8) is 0 Å². The van der Waals surface area contributed by atoms with Gasteiger partial charge in [-0.3, -0.25) is 4.79 Å². The van der Waals surface area contributed by atoms with Gasteiger partial charge in [-0.05, 0) is 43.2 Å². The predicted octanol–water partition coefficient (Wildman–Crippen LogP) is 4.44. The smallest absolute Gasteiger partial charge is 0.265 e. The molecule has 2 rings (SSSR count). The lowest BCUT2D eigenvalue weighted by Crippen LogP contribution is -2.32. The minimum Gasteiger partial charge on any atom is -0.481 e. The zero-order valence-electron chi connectivity index (χ0n) is 12.1. The summed E-state index contributed by atoms with van der Waals surface area (Å²) >= 11 is 6.13. The number of amides is 1. The van der Waals surface area contributed by atoms with Crippen molar-refractivity contribution >= 4 is 23.2 Å². The fourth-order valence-corrected chi connectivity index (χ4v) is 2.20. The molecule has 1 amide bonds. The van der Waals surface area contributed by atoms with Crippen LogP contribution in [0.2, 0.25) is 5.02 Å². The van der Waals surface area contributed by atoms with Gasteiger partial charge in [0.05, 0.1) is 10.7 Å². The molecule has 0 saturated heterocycles. The Morgan fingerprint density at radius 3 is 2.57 bits per heavy atom. The molecule has 1 atom stereocenters. The maximum absolute atomic E-state index is 12.3. The molecule has 0 aliphatic heterocycles. The zero-order valence-corrected chi connectivity index (χ0v) is 12.9. The van der Waals surface area contributed by atoms with Crippen LogP contribution in [0.3, 0.4) is 0 Å². The number of carbonyl (C=O) groups excluding carboxylic acids is 1. The van der Waals surface area contributed by atoms with E-state index in [-0.39, 0.29) is 5.91 Å². The van der Waals surface area contributed by atoms with Crippen molar-refractivity contribution in [3.8, 4) is 5.75 Å². The lowest BCUT2D eigenvalue weighted by atomic mass is 10.2. The minimum atomic E-state index is -0.551. The predicted molar refractivity (Wildman–Crippen MR) is 86.0 cm³/mol. The van der Waals surface area contributed by atoms with Gasteiger partial charge < -0.3 is 10.1 Å². The maximum atomic E-state index is 12.3. The Morgan fingerprint density at radius 2 is 1.95 bits per heavy atom. The highest BCUT2D eigenvalue weighted by atomic mass is 35.5. The van der Waals surface area contributed by atoms with Crippen LogP contribution < -0.4 is 10.1 Å². The van der Waals surface area contributed by atoms with E-state index in [1.165, 1.54) is 0 Å². The molecule has 2 aromatic rings. The SMILES string of the molecule is CC[C@H](Oc1ccccc1)C(=O)Nc1ccc(C)cc1Cl. The van der Waals surface area contributed by atoms with Gasteiger partial charge in [0.25, 0.3) is 5.91 Å². The van der Waals surface area contributed by atoms with Crippen LogP contribution in [0.5, 0.6) is 5.75 Å². The molecule has 0 bridgehead atoms. The van der Waals surface area contributed by atoms with Crippen LogP contribution in [0.15, 0.2) is 48.5 Å². The summed E-state index contributed by atoms with van der Waals surface area (Å²) in [5.74, 6) is 0.474. The Labute approximate surface area is 129 Å². The summed E-state index contributed by atoms with van der Waals surface area (Å²) in [6, 6.07) is 14.8. The van der Waals surface area contributed by atoms with Crippen LogP contribution >= 0.6 is 11.6 Å². The summed E-state index contributed by atoms with van der Waals surface area (Å²) in [6.07, 6.45) is 0.0225. The first-order valence-electron chi connectivity index (χ1n) is 6.89. The Bertz CT molecular complexity index is 613. The number of nitrogens with one attached hydrogen (secondary N) is 1. The molecule has 0 unspecified atom stereocenters. The number of rotatable bonds is 5. The number of benzene rings is 2. The topological polar surface area (TPSA) is 38.3 Å². The normalized spacial score (nSPS) is 11.8.